The standard InChI is InChI=1S/C26H21F2N3O2/c1-15-6-5-8-19(24(15)28)23-14-31-25(21(29-23)12-17-7-3-4-9-20(17)27)30-22(26(31)32)13-18-11-10-16(2)33-18/h3-11,14,32H,12-13H2,1-2H3. The van der Waals surface area contributed by atoms with Crippen molar-refractivity contribution in [3.8, 4) is 17.1 Å². The molecule has 0 atom stereocenters. The highest BCUT2D eigenvalue weighted by Crippen LogP contribution is 2.30. The van der Waals surface area contributed by atoms with Crippen LogP contribution in [0.4, 0.5) is 8.78 Å². The van der Waals surface area contributed by atoms with E-state index >= 15 is 0 Å². The molecule has 0 saturated heterocycles. The van der Waals surface area contributed by atoms with Crippen molar-refractivity contribution in [2.75, 3.05) is 0 Å². The number of aromatic hydroxyl groups is 1. The van der Waals surface area contributed by atoms with Gasteiger partial charge in [0.25, 0.3) is 0 Å². The smallest absolute Gasteiger partial charge is 0.219 e. The Balaban J connectivity index is 1.70. The van der Waals surface area contributed by atoms with Crippen molar-refractivity contribution in [3.05, 3.63) is 106 Å². The maximum absolute atomic E-state index is 14.9. The van der Waals surface area contributed by atoms with E-state index in [4.69, 9.17) is 4.42 Å². The lowest BCUT2D eigenvalue weighted by atomic mass is 10.1. The van der Waals surface area contributed by atoms with Crippen molar-refractivity contribution in [1.82, 2.24) is 14.4 Å². The summed E-state index contributed by atoms with van der Waals surface area (Å²) in [6.07, 6.45) is 1.96. The maximum Gasteiger partial charge on any atom is 0.219 e. The maximum atomic E-state index is 14.9. The van der Waals surface area contributed by atoms with Gasteiger partial charge < -0.3 is 9.52 Å². The second kappa shape index (κ2) is 8.16. The van der Waals surface area contributed by atoms with Crippen LogP contribution < -0.4 is 0 Å². The van der Waals surface area contributed by atoms with Gasteiger partial charge in [-0.25, -0.2) is 18.7 Å². The third kappa shape index (κ3) is 3.86. The van der Waals surface area contributed by atoms with Gasteiger partial charge in [-0.1, -0.05) is 30.3 Å². The molecule has 33 heavy (non-hydrogen) atoms. The average molecular weight is 445 g/mol. The number of fused-ring (bicyclic) bond motifs is 1. The van der Waals surface area contributed by atoms with Crippen molar-refractivity contribution in [1.29, 1.82) is 0 Å². The molecule has 0 bridgehead atoms. The molecular weight excluding hydrogens is 424 g/mol. The van der Waals surface area contributed by atoms with Crippen LogP contribution >= 0.6 is 0 Å². The largest absolute Gasteiger partial charge is 0.493 e. The van der Waals surface area contributed by atoms with Crippen molar-refractivity contribution in [3.63, 3.8) is 0 Å². The zero-order chi connectivity index (χ0) is 23.1. The van der Waals surface area contributed by atoms with Gasteiger partial charge in [0.2, 0.25) is 5.88 Å². The normalized spacial score (nSPS) is 11.4. The molecule has 0 amide bonds. The van der Waals surface area contributed by atoms with Gasteiger partial charge in [-0.15, -0.1) is 0 Å². The highest BCUT2D eigenvalue weighted by atomic mass is 19.1. The van der Waals surface area contributed by atoms with E-state index in [0.29, 0.717) is 45.2 Å². The topological polar surface area (TPSA) is 63.6 Å². The molecule has 7 heteroatoms. The van der Waals surface area contributed by atoms with E-state index in [2.05, 4.69) is 9.97 Å². The van der Waals surface area contributed by atoms with Crippen LogP contribution in [0.3, 0.4) is 0 Å². The van der Waals surface area contributed by atoms with Gasteiger partial charge in [0.1, 0.15) is 28.8 Å². The molecule has 166 valence electrons. The van der Waals surface area contributed by atoms with Crippen LogP contribution in [0.25, 0.3) is 16.9 Å². The van der Waals surface area contributed by atoms with Crippen LogP contribution in [0.15, 0.2) is 65.2 Å². The zero-order valence-corrected chi connectivity index (χ0v) is 18.1. The minimum Gasteiger partial charge on any atom is -0.493 e. The zero-order valence-electron chi connectivity index (χ0n) is 18.1. The first-order chi connectivity index (χ1) is 15.9. The monoisotopic (exact) mass is 445 g/mol. The molecule has 0 fully saturated rings. The van der Waals surface area contributed by atoms with Crippen LogP contribution in [0.2, 0.25) is 0 Å². The van der Waals surface area contributed by atoms with Crippen LogP contribution in [-0.2, 0) is 12.8 Å². The SMILES string of the molecule is Cc1ccc(Cc2nc3c(Cc4ccccc4F)nc(-c4cccc(C)c4F)cn3c2O)o1. The number of furan rings is 1. The van der Waals surface area contributed by atoms with E-state index in [1.54, 1.807) is 49.5 Å². The summed E-state index contributed by atoms with van der Waals surface area (Å²) in [5.41, 5.74) is 2.73. The molecule has 5 nitrogen and oxygen atoms in total. The van der Waals surface area contributed by atoms with Crippen LogP contribution in [0.1, 0.15) is 34.0 Å². The molecule has 5 aromatic rings. The summed E-state index contributed by atoms with van der Waals surface area (Å²) >= 11 is 0. The summed E-state index contributed by atoms with van der Waals surface area (Å²) in [6.45, 7) is 3.52. The second-order valence-electron chi connectivity index (χ2n) is 8.04. The first-order valence-corrected chi connectivity index (χ1v) is 10.5. The van der Waals surface area contributed by atoms with Crippen LogP contribution in [0, 0.1) is 25.5 Å². The minimum absolute atomic E-state index is 0.0921. The number of imidazole rings is 1. The number of aromatic nitrogens is 3. The third-order valence-electron chi connectivity index (χ3n) is 5.64. The Morgan fingerprint density at radius 3 is 2.48 bits per heavy atom. The summed E-state index contributed by atoms with van der Waals surface area (Å²) in [5, 5.41) is 11.0. The summed E-state index contributed by atoms with van der Waals surface area (Å²) in [5.74, 6) is 0.552. The average Bonchev–Trinajstić information content (AvgIpc) is 3.35. The van der Waals surface area contributed by atoms with E-state index in [1.165, 1.54) is 10.5 Å². The molecule has 0 radical (unpaired) electrons. The molecule has 0 aliphatic carbocycles. The lowest BCUT2D eigenvalue weighted by Crippen LogP contribution is -2.03. The number of nitrogens with zero attached hydrogens (tertiary/aromatic N) is 3. The van der Waals surface area contributed by atoms with Crippen LogP contribution in [-0.4, -0.2) is 19.5 Å². The summed E-state index contributed by atoms with van der Waals surface area (Å²) < 4.78 is 36.4. The van der Waals surface area contributed by atoms with E-state index in [1.807, 2.05) is 19.1 Å². The van der Waals surface area contributed by atoms with Crippen LogP contribution in [0.5, 0.6) is 5.88 Å². The fourth-order valence-corrected chi connectivity index (χ4v) is 3.92. The molecule has 0 aliphatic rings. The number of benzene rings is 2. The van der Waals surface area contributed by atoms with Crippen molar-refractivity contribution in [2.24, 2.45) is 0 Å². The Kier molecular flexibility index (Phi) is 5.17. The Morgan fingerprint density at radius 1 is 0.909 bits per heavy atom. The lowest BCUT2D eigenvalue weighted by Gasteiger charge is -2.10. The third-order valence-corrected chi connectivity index (χ3v) is 5.64. The van der Waals surface area contributed by atoms with Gasteiger partial charge in [-0.2, -0.15) is 0 Å². The molecule has 5 rings (SSSR count). The summed E-state index contributed by atoms with van der Waals surface area (Å²) in [6, 6.07) is 15.1. The molecule has 3 aromatic heterocycles. The molecular formula is C26H21F2N3O2. The highest BCUT2D eigenvalue weighted by molar-refractivity contribution is 5.64. The van der Waals surface area contributed by atoms with Gasteiger partial charge in [0.15, 0.2) is 5.65 Å². The fourth-order valence-electron chi connectivity index (χ4n) is 3.92. The Bertz CT molecular complexity index is 1490. The van der Waals surface area contributed by atoms with Gasteiger partial charge in [-0.05, 0) is 49.2 Å². The molecule has 0 unspecified atom stereocenters. The Morgan fingerprint density at radius 2 is 1.73 bits per heavy atom. The highest BCUT2D eigenvalue weighted by Gasteiger charge is 2.20. The molecule has 2 aromatic carbocycles. The second-order valence-corrected chi connectivity index (χ2v) is 8.04. The van der Waals surface area contributed by atoms with E-state index in [-0.39, 0.29) is 24.5 Å². The van der Waals surface area contributed by atoms with Gasteiger partial charge in [0, 0.05) is 18.2 Å². The molecule has 0 saturated carbocycles. The van der Waals surface area contributed by atoms with Gasteiger partial charge in [-0.3, -0.25) is 4.40 Å². The molecule has 1 N–H and O–H groups in total. The van der Waals surface area contributed by atoms with E-state index in [0.717, 1.165) is 5.76 Å². The van der Waals surface area contributed by atoms with Gasteiger partial charge in [0.05, 0.1) is 17.8 Å². The Labute approximate surface area is 189 Å². The summed E-state index contributed by atoms with van der Waals surface area (Å²) in [7, 11) is 0. The van der Waals surface area contributed by atoms with Gasteiger partial charge >= 0.3 is 0 Å². The first-order valence-electron chi connectivity index (χ1n) is 10.5. The first kappa shape index (κ1) is 20.9. The molecule has 0 aliphatic heterocycles. The minimum atomic E-state index is -0.396. The van der Waals surface area contributed by atoms with Crippen molar-refractivity contribution >= 4 is 5.65 Å². The van der Waals surface area contributed by atoms with Crippen molar-refractivity contribution in [2.45, 2.75) is 26.7 Å². The number of rotatable bonds is 5. The summed E-state index contributed by atoms with van der Waals surface area (Å²) in [4.78, 5) is 9.24. The number of hydrogen-bond donors (Lipinski definition) is 1. The van der Waals surface area contributed by atoms with Crippen molar-refractivity contribution < 1.29 is 18.3 Å². The number of aryl methyl sites for hydroxylation is 2. The lowest BCUT2D eigenvalue weighted by molar-refractivity contribution is 0.436. The predicted molar refractivity (Wildman–Crippen MR) is 120 cm³/mol. The fraction of sp³-hybridized carbons (Fsp3) is 0.154. The molecule has 0 spiro atoms. The van der Waals surface area contributed by atoms with E-state index < -0.39 is 5.82 Å². The number of halogens is 2. The number of hydrogen-bond acceptors (Lipinski definition) is 4. The van der Waals surface area contributed by atoms with E-state index in [9.17, 15) is 13.9 Å². The quantitative estimate of drug-likeness (QED) is 0.373. The molecule has 3 heterocycles. The Hall–Kier alpha value is -4.00. The predicted octanol–water partition coefficient (Wildman–Crippen LogP) is 5.77.